The normalized spacial score (nSPS) is 27.9. The van der Waals surface area contributed by atoms with Gasteiger partial charge in [-0.25, -0.2) is 0 Å². The van der Waals surface area contributed by atoms with Gasteiger partial charge in [0, 0.05) is 17.7 Å². The molecular weight excluding hydrogens is 300 g/mol. The topological polar surface area (TPSA) is 24.4 Å². The average Bonchev–Trinajstić information content (AvgIpc) is 2.62. The van der Waals surface area contributed by atoms with E-state index in [0.717, 1.165) is 11.7 Å². The SMILES string of the molecule is CCN=C1N[C@H]2c3ccccc3CC[C@@H]2[C@@H](c2ccccc2)S1. The van der Waals surface area contributed by atoms with E-state index < -0.39 is 0 Å². The quantitative estimate of drug-likeness (QED) is 0.863. The van der Waals surface area contributed by atoms with Crippen molar-refractivity contribution in [2.75, 3.05) is 6.54 Å². The number of amidine groups is 1. The standard InChI is InChI=1S/C20H22N2S/c1-2-21-20-22-18-16-11-7-6-8-14(16)12-13-17(18)19(23-20)15-9-4-3-5-10-15/h3-11,17-19H,2,12-13H2,1H3,(H,21,22)/t17-,18-,19+/m0/s1. The predicted molar refractivity (Wildman–Crippen MR) is 98.9 cm³/mol. The van der Waals surface area contributed by atoms with E-state index in [4.69, 9.17) is 4.99 Å². The zero-order valence-corrected chi connectivity index (χ0v) is 14.2. The maximum absolute atomic E-state index is 4.69. The Kier molecular flexibility index (Phi) is 4.13. The minimum Gasteiger partial charge on any atom is -0.358 e. The van der Waals surface area contributed by atoms with Crippen LogP contribution in [-0.2, 0) is 6.42 Å². The van der Waals surface area contributed by atoms with Crippen LogP contribution in [0.15, 0.2) is 59.6 Å². The summed E-state index contributed by atoms with van der Waals surface area (Å²) in [7, 11) is 0. The second kappa shape index (κ2) is 6.40. The molecule has 1 heterocycles. The molecule has 2 aromatic carbocycles. The second-order valence-electron chi connectivity index (χ2n) is 6.25. The molecule has 1 saturated heterocycles. The fourth-order valence-corrected chi connectivity index (χ4v) is 5.26. The van der Waals surface area contributed by atoms with Gasteiger partial charge in [0.2, 0.25) is 0 Å². The first kappa shape index (κ1) is 14.8. The van der Waals surface area contributed by atoms with E-state index in [1.165, 1.54) is 29.5 Å². The van der Waals surface area contributed by atoms with Crippen molar-refractivity contribution in [3.8, 4) is 0 Å². The number of fused-ring (bicyclic) bond motifs is 3. The van der Waals surface area contributed by atoms with Crippen molar-refractivity contribution < 1.29 is 0 Å². The van der Waals surface area contributed by atoms with Gasteiger partial charge in [0.15, 0.2) is 5.17 Å². The molecule has 0 radical (unpaired) electrons. The van der Waals surface area contributed by atoms with Crippen LogP contribution in [0.1, 0.15) is 41.3 Å². The van der Waals surface area contributed by atoms with Crippen LogP contribution in [0.4, 0.5) is 0 Å². The number of aryl methyl sites for hydroxylation is 1. The largest absolute Gasteiger partial charge is 0.358 e. The molecule has 2 nitrogen and oxygen atoms in total. The molecule has 1 aliphatic heterocycles. The van der Waals surface area contributed by atoms with Crippen molar-refractivity contribution in [3.05, 3.63) is 71.3 Å². The van der Waals surface area contributed by atoms with Crippen LogP contribution in [0.5, 0.6) is 0 Å². The molecule has 1 fully saturated rings. The second-order valence-corrected chi connectivity index (χ2v) is 7.38. The van der Waals surface area contributed by atoms with Crippen molar-refractivity contribution in [1.82, 2.24) is 5.32 Å². The van der Waals surface area contributed by atoms with Gasteiger partial charge in [-0.2, -0.15) is 0 Å². The maximum atomic E-state index is 4.69. The first-order valence-corrected chi connectivity index (χ1v) is 9.35. The van der Waals surface area contributed by atoms with Gasteiger partial charge in [-0.1, -0.05) is 66.4 Å². The van der Waals surface area contributed by atoms with Crippen molar-refractivity contribution in [2.45, 2.75) is 31.1 Å². The van der Waals surface area contributed by atoms with Gasteiger partial charge >= 0.3 is 0 Å². The molecule has 3 atom stereocenters. The summed E-state index contributed by atoms with van der Waals surface area (Å²) in [4.78, 5) is 4.69. The Morgan fingerprint density at radius 2 is 1.87 bits per heavy atom. The smallest absolute Gasteiger partial charge is 0.157 e. The van der Waals surface area contributed by atoms with Gasteiger partial charge in [-0.3, -0.25) is 4.99 Å². The number of nitrogens with one attached hydrogen (secondary N) is 1. The molecule has 3 heteroatoms. The molecule has 0 saturated carbocycles. The monoisotopic (exact) mass is 322 g/mol. The number of hydrogen-bond donors (Lipinski definition) is 1. The summed E-state index contributed by atoms with van der Waals surface area (Å²) < 4.78 is 0. The van der Waals surface area contributed by atoms with Crippen molar-refractivity contribution in [3.63, 3.8) is 0 Å². The minimum atomic E-state index is 0.386. The van der Waals surface area contributed by atoms with Crippen LogP contribution in [0.25, 0.3) is 0 Å². The van der Waals surface area contributed by atoms with E-state index in [9.17, 15) is 0 Å². The highest BCUT2D eigenvalue weighted by Crippen LogP contribution is 2.50. The number of benzene rings is 2. The van der Waals surface area contributed by atoms with Crippen LogP contribution in [0, 0.1) is 5.92 Å². The highest BCUT2D eigenvalue weighted by molar-refractivity contribution is 8.14. The number of thioether (sulfide) groups is 1. The van der Waals surface area contributed by atoms with Crippen LogP contribution in [-0.4, -0.2) is 11.7 Å². The van der Waals surface area contributed by atoms with E-state index in [2.05, 4.69) is 66.8 Å². The molecule has 1 aliphatic carbocycles. The summed E-state index contributed by atoms with van der Waals surface area (Å²) in [6.45, 7) is 2.93. The molecular formula is C20H22N2S. The molecule has 2 aromatic rings. The lowest BCUT2D eigenvalue weighted by atomic mass is 9.76. The fraction of sp³-hybridized carbons (Fsp3) is 0.350. The van der Waals surface area contributed by atoms with Crippen molar-refractivity contribution in [2.24, 2.45) is 10.9 Å². The van der Waals surface area contributed by atoms with Gasteiger partial charge in [-0.05, 0) is 36.5 Å². The zero-order valence-electron chi connectivity index (χ0n) is 13.4. The highest BCUT2D eigenvalue weighted by Gasteiger charge is 2.40. The molecule has 2 aliphatic rings. The van der Waals surface area contributed by atoms with Gasteiger partial charge in [0.1, 0.15) is 0 Å². The number of nitrogens with zero attached hydrogens (tertiary/aromatic N) is 1. The summed E-state index contributed by atoms with van der Waals surface area (Å²) in [6, 6.07) is 20.2. The fourth-order valence-electron chi connectivity index (χ4n) is 3.85. The molecule has 0 unspecified atom stereocenters. The summed E-state index contributed by atoms with van der Waals surface area (Å²) in [5.41, 5.74) is 4.39. The first-order chi connectivity index (χ1) is 11.4. The molecule has 23 heavy (non-hydrogen) atoms. The Hall–Kier alpha value is -1.74. The van der Waals surface area contributed by atoms with E-state index >= 15 is 0 Å². The molecule has 4 rings (SSSR count). The lowest BCUT2D eigenvalue weighted by molar-refractivity contribution is 0.341. The number of aliphatic imine (C=N–C) groups is 1. The zero-order chi connectivity index (χ0) is 15.6. The summed E-state index contributed by atoms with van der Waals surface area (Å²) in [5.74, 6) is 0.619. The molecule has 0 spiro atoms. The van der Waals surface area contributed by atoms with Crippen molar-refractivity contribution in [1.29, 1.82) is 0 Å². The van der Waals surface area contributed by atoms with E-state index in [0.29, 0.717) is 17.2 Å². The van der Waals surface area contributed by atoms with Gasteiger partial charge in [-0.15, -0.1) is 0 Å². The minimum absolute atomic E-state index is 0.386. The van der Waals surface area contributed by atoms with Crippen LogP contribution < -0.4 is 5.32 Å². The Morgan fingerprint density at radius 1 is 1.09 bits per heavy atom. The predicted octanol–water partition coefficient (Wildman–Crippen LogP) is 4.74. The van der Waals surface area contributed by atoms with Crippen LogP contribution in [0.3, 0.4) is 0 Å². The highest BCUT2D eigenvalue weighted by atomic mass is 32.2. The van der Waals surface area contributed by atoms with Crippen LogP contribution >= 0.6 is 11.8 Å². The third-order valence-corrected chi connectivity index (χ3v) is 6.25. The Morgan fingerprint density at radius 3 is 2.70 bits per heavy atom. The van der Waals surface area contributed by atoms with E-state index in [1.54, 1.807) is 0 Å². The molecule has 0 amide bonds. The summed E-state index contributed by atoms with van der Waals surface area (Å²) in [6.07, 6.45) is 2.42. The Balaban J connectivity index is 1.75. The molecule has 0 bridgehead atoms. The number of hydrogen-bond acceptors (Lipinski definition) is 2. The summed E-state index contributed by atoms with van der Waals surface area (Å²) >= 11 is 1.91. The summed E-state index contributed by atoms with van der Waals surface area (Å²) in [5, 5.41) is 5.31. The Bertz CT molecular complexity index is 711. The van der Waals surface area contributed by atoms with Gasteiger partial charge in [0.05, 0.1) is 6.04 Å². The average molecular weight is 322 g/mol. The van der Waals surface area contributed by atoms with Crippen molar-refractivity contribution >= 4 is 16.9 Å². The maximum Gasteiger partial charge on any atom is 0.157 e. The first-order valence-electron chi connectivity index (χ1n) is 8.47. The molecule has 118 valence electrons. The molecule has 0 aromatic heterocycles. The van der Waals surface area contributed by atoms with Gasteiger partial charge < -0.3 is 5.32 Å². The van der Waals surface area contributed by atoms with Gasteiger partial charge in [0.25, 0.3) is 0 Å². The third kappa shape index (κ3) is 2.78. The lowest BCUT2D eigenvalue weighted by Crippen LogP contribution is -2.42. The number of rotatable bonds is 2. The molecule has 1 N–H and O–H groups in total. The van der Waals surface area contributed by atoms with E-state index in [1.807, 2.05) is 11.8 Å². The Labute approximate surface area is 142 Å². The lowest BCUT2D eigenvalue weighted by Gasteiger charge is -2.43. The third-order valence-electron chi connectivity index (χ3n) is 4.90. The van der Waals surface area contributed by atoms with E-state index in [-0.39, 0.29) is 0 Å². The van der Waals surface area contributed by atoms with Crippen LogP contribution in [0.2, 0.25) is 0 Å².